The van der Waals surface area contributed by atoms with Crippen LogP contribution in [0.1, 0.15) is 5.69 Å². The van der Waals surface area contributed by atoms with Gasteiger partial charge < -0.3 is 24.1 Å². The Morgan fingerprint density at radius 1 is 1.12 bits per heavy atom. The third-order valence-corrected chi connectivity index (χ3v) is 3.68. The highest BCUT2D eigenvalue weighted by atomic mass is 16.5. The lowest BCUT2D eigenvalue weighted by atomic mass is 10.3. The Morgan fingerprint density at radius 2 is 1.80 bits per heavy atom. The first kappa shape index (κ1) is 18.4. The molecule has 0 aliphatic rings. The summed E-state index contributed by atoms with van der Waals surface area (Å²) in [5, 5.41) is 2.45. The Balaban J connectivity index is 1.99. The molecule has 25 heavy (non-hydrogen) atoms. The van der Waals surface area contributed by atoms with E-state index in [1.54, 1.807) is 20.2 Å². The number of amides is 1. The average molecular weight is 346 g/mol. The molecular weight excluding hydrogens is 324 g/mol. The molecular formula is C18H22N2O5. The van der Waals surface area contributed by atoms with Crippen LogP contribution in [0.15, 0.2) is 41.3 Å². The van der Waals surface area contributed by atoms with E-state index in [1.165, 1.54) is 13.1 Å². The maximum absolute atomic E-state index is 11.9. The van der Waals surface area contributed by atoms with Crippen LogP contribution >= 0.6 is 0 Å². The van der Waals surface area contributed by atoms with E-state index in [-0.39, 0.29) is 23.7 Å². The minimum absolute atomic E-state index is 0.176. The second-order valence-electron chi connectivity index (χ2n) is 5.27. The molecule has 1 N–H and O–H groups in total. The van der Waals surface area contributed by atoms with Crippen molar-refractivity contribution in [1.29, 1.82) is 0 Å². The third kappa shape index (κ3) is 5.00. The number of likely N-dealkylation sites (N-methyl/N-ethyl adjacent to an activating group) is 1. The highest BCUT2D eigenvalue weighted by molar-refractivity contribution is 5.77. The summed E-state index contributed by atoms with van der Waals surface area (Å²) in [5.74, 6) is 1.38. The van der Waals surface area contributed by atoms with Crippen molar-refractivity contribution >= 4 is 5.91 Å². The molecule has 0 saturated carbocycles. The molecule has 2 rings (SSSR count). The molecule has 1 aromatic heterocycles. The first-order valence-corrected chi connectivity index (χ1v) is 7.85. The number of ether oxygens (including phenoxy) is 3. The Kier molecular flexibility index (Phi) is 6.45. The van der Waals surface area contributed by atoms with Crippen LogP contribution in [-0.2, 0) is 11.3 Å². The average Bonchev–Trinajstić information content (AvgIpc) is 2.63. The summed E-state index contributed by atoms with van der Waals surface area (Å²) in [4.78, 5) is 23.2. The van der Waals surface area contributed by atoms with Gasteiger partial charge in [-0.2, -0.15) is 0 Å². The maximum Gasteiger partial charge on any atom is 0.257 e. The summed E-state index contributed by atoms with van der Waals surface area (Å²) in [6.45, 7) is 2.53. The number of hydrogen-bond acceptors (Lipinski definition) is 5. The highest BCUT2D eigenvalue weighted by Gasteiger charge is 2.10. The van der Waals surface area contributed by atoms with E-state index >= 15 is 0 Å². The molecule has 0 atom stereocenters. The van der Waals surface area contributed by atoms with Gasteiger partial charge in [-0.15, -0.1) is 0 Å². The van der Waals surface area contributed by atoms with Crippen molar-refractivity contribution in [3.05, 3.63) is 52.4 Å². The molecule has 0 spiro atoms. The van der Waals surface area contributed by atoms with Gasteiger partial charge in [0, 0.05) is 19.3 Å². The van der Waals surface area contributed by atoms with Crippen LogP contribution < -0.4 is 25.0 Å². The fraction of sp³-hybridized carbons (Fsp3) is 0.333. The molecule has 0 fully saturated rings. The molecule has 1 heterocycles. The fourth-order valence-electron chi connectivity index (χ4n) is 2.22. The number of carbonyl (C=O) groups is 1. The quantitative estimate of drug-likeness (QED) is 0.781. The van der Waals surface area contributed by atoms with Crippen molar-refractivity contribution in [3.8, 4) is 17.2 Å². The molecule has 0 radical (unpaired) electrons. The summed E-state index contributed by atoms with van der Waals surface area (Å²) >= 11 is 0. The topological polar surface area (TPSA) is 78.8 Å². The second kappa shape index (κ2) is 8.77. The minimum atomic E-state index is -0.294. The van der Waals surface area contributed by atoms with Gasteiger partial charge in [-0.3, -0.25) is 9.59 Å². The van der Waals surface area contributed by atoms with E-state index in [0.29, 0.717) is 18.8 Å². The van der Waals surface area contributed by atoms with Gasteiger partial charge in [-0.05, 0) is 31.2 Å². The van der Waals surface area contributed by atoms with E-state index in [1.807, 2.05) is 28.8 Å². The molecule has 2 aromatic rings. The number of nitrogens with zero attached hydrogens (tertiary/aromatic N) is 1. The second-order valence-corrected chi connectivity index (χ2v) is 5.27. The fourth-order valence-corrected chi connectivity index (χ4v) is 2.22. The van der Waals surface area contributed by atoms with E-state index in [9.17, 15) is 9.59 Å². The Bertz CT molecular complexity index is 768. The van der Waals surface area contributed by atoms with Crippen molar-refractivity contribution < 1.29 is 19.0 Å². The Morgan fingerprint density at radius 3 is 2.44 bits per heavy atom. The summed E-state index contributed by atoms with van der Waals surface area (Å²) in [5.41, 5.74) is 0.392. The van der Waals surface area contributed by atoms with Gasteiger partial charge in [0.1, 0.15) is 18.1 Å². The van der Waals surface area contributed by atoms with Gasteiger partial charge in [-0.1, -0.05) is 0 Å². The van der Waals surface area contributed by atoms with E-state index < -0.39 is 0 Å². The number of carbonyl (C=O) groups excluding carboxylic acids is 1. The SMILES string of the molecule is CNC(=O)COc1c(C)n(CCOc2ccc(OC)cc2)ccc1=O. The molecule has 1 amide bonds. The first-order valence-electron chi connectivity index (χ1n) is 7.85. The van der Waals surface area contributed by atoms with Gasteiger partial charge in [0.05, 0.1) is 19.3 Å². The molecule has 0 aliphatic heterocycles. The van der Waals surface area contributed by atoms with Crippen molar-refractivity contribution in [2.24, 2.45) is 0 Å². The largest absolute Gasteiger partial charge is 0.497 e. The van der Waals surface area contributed by atoms with Crippen molar-refractivity contribution in [2.75, 3.05) is 27.4 Å². The van der Waals surface area contributed by atoms with Crippen LogP contribution in [0, 0.1) is 6.92 Å². The number of pyridine rings is 1. The lowest BCUT2D eigenvalue weighted by Gasteiger charge is -2.15. The number of rotatable bonds is 8. The third-order valence-electron chi connectivity index (χ3n) is 3.68. The Hall–Kier alpha value is -2.96. The van der Waals surface area contributed by atoms with Gasteiger partial charge >= 0.3 is 0 Å². The minimum Gasteiger partial charge on any atom is -0.497 e. The molecule has 134 valence electrons. The molecule has 1 aromatic carbocycles. The number of nitrogens with one attached hydrogen (secondary N) is 1. The summed E-state index contributed by atoms with van der Waals surface area (Å²) in [6.07, 6.45) is 1.68. The number of methoxy groups -OCH3 is 1. The number of aromatic nitrogens is 1. The normalized spacial score (nSPS) is 10.2. The van der Waals surface area contributed by atoms with E-state index in [2.05, 4.69) is 5.32 Å². The van der Waals surface area contributed by atoms with Crippen LogP contribution in [0.3, 0.4) is 0 Å². The zero-order valence-corrected chi connectivity index (χ0v) is 14.6. The summed E-state index contributed by atoms with van der Waals surface area (Å²) < 4.78 is 18.0. The van der Waals surface area contributed by atoms with Gasteiger partial charge in [-0.25, -0.2) is 0 Å². The van der Waals surface area contributed by atoms with E-state index in [0.717, 1.165) is 11.5 Å². The van der Waals surface area contributed by atoms with Crippen LogP contribution in [0.4, 0.5) is 0 Å². The molecule has 7 nitrogen and oxygen atoms in total. The lowest BCUT2D eigenvalue weighted by Crippen LogP contribution is -2.27. The molecule has 7 heteroatoms. The van der Waals surface area contributed by atoms with Crippen LogP contribution in [-0.4, -0.2) is 37.8 Å². The van der Waals surface area contributed by atoms with Crippen molar-refractivity contribution in [1.82, 2.24) is 9.88 Å². The zero-order chi connectivity index (χ0) is 18.2. The van der Waals surface area contributed by atoms with Crippen LogP contribution in [0.2, 0.25) is 0 Å². The molecule has 0 unspecified atom stereocenters. The lowest BCUT2D eigenvalue weighted by molar-refractivity contribution is -0.122. The van der Waals surface area contributed by atoms with Gasteiger partial charge in [0.2, 0.25) is 5.43 Å². The highest BCUT2D eigenvalue weighted by Crippen LogP contribution is 2.17. The standard InChI is InChI=1S/C18H22N2O5/c1-13-18(25-12-17(22)19-2)16(21)8-9-20(13)10-11-24-15-6-4-14(23-3)5-7-15/h4-9H,10-12H2,1-3H3,(H,19,22). The van der Waals surface area contributed by atoms with Crippen molar-refractivity contribution in [2.45, 2.75) is 13.5 Å². The van der Waals surface area contributed by atoms with Gasteiger partial charge in [0.25, 0.3) is 5.91 Å². The predicted molar refractivity (Wildman–Crippen MR) is 93.5 cm³/mol. The summed E-state index contributed by atoms with van der Waals surface area (Å²) in [7, 11) is 3.12. The van der Waals surface area contributed by atoms with Crippen LogP contribution in [0.25, 0.3) is 0 Å². The maximum atomic E-state index is 11.9. The zero-order valence-electron chi connectivity index (χ0n) is 14.6. The summed E-state index contributed by atoms with van der Waals surface area (Å²) in [6, 6.07) is 8.72. The smallest absolute Gasteiger partial charge is 0.257 e. The molecule has 0 saturated heterocycles. The van der Waals surface area contributed by atoms with Gasteiger partial charge in [0.15, 0.2) is 12.4 Å². The number of benzene rings is 1. The van der Waals surface area contributed by atoms with E-state index in [4.69, 9.17) is 14.2 Å². The Labute approximate surface area is 146 Å². The molecule has 0 aliphatic carbocycles. The molecule has 0 bridgehead atoms. The predicted octanol–water partition coefficient (Wildman–Crippen LogP) is 1.37. The monoisotopic (exact) mass is 346 g/mol. The number of hydrogen-bond donors (Lipinski definition) is 1. The van der Waals surface area contributed by atoms with Crippen LogP contribution in [0.5, 0.6) is 17.2 Å². The first-order chi connectivity index (χ1) is 12.0. The van der Waals surface area contributed by atoms with Crippen molar-refractivity contribution in [3.63, 3.8) is 0 Å².